The molecule has 1 aromatic rings. The highest BCUT2D eigenvalue weighted by molar-refractivity contribution is 5.81. The molecule has 1 fully saturated rings. The Morgan fingerprint density at radius 3 is 2.55 bits per heavy atom. The van der Waals surface area contributed by atoms with Gasteiger partial charge >= 0.3 is 0 Å². The second kappa shape index (κ2) is 5.91. The summed E-state index contributed by atoms with van der Waals surface area (Å²) in [5, 5.41) is 7.04. The van der Waals surface area contributed by atoms with Gasteiger partial charge in [-0.1, -0.05) is 25.9 Å². The average Bonchev–Trinajstić information content (AvgIpc) is 2.76. The molecule has 1 saturated heterocycles. The molecule has 0 aromatic carbocycles. The minimum Gasteiger partial charge on any atom is -0.353 e. The first-order valence-electron chi connectivity index (χ1n) is 7.17. The normalized spacial score (nSPS) is 18.2. The van der Waals surface area contributed by atoms with Crippen LogP contribution in [0, 0.1) is 12.3 Å². The van der Waals surface area contributed by atoms with Gasteiger partial charge in [-0.25, -0.2) is 0 Å². The second-order valence-corrected chi connectivity index (χ2v) is 6.50. The maximum Gasteiger partial charge on any atom is 0.225 e. The van der Waals surface area contributed by atoms with Crippen molar-refractivity contribution in [3.05, 3.63) is 11.7 Å². The highest BCUT2D eigenvalue weighted by Gasteiger charge is 2.26. The number of likely N-dealkylation sites (tertiary alicyclic amines) is 1. The van der Waals surface area contributed by atoms with Crippen molar-refractivity contribution in [1.29, 1.82) is 0 Å². The van der Waals surface area contributed by atoms with Gasteiger partial charge in [0.25, 0.3) is 0 Å². The first-order valence-corrected chi connectivity index (χ1v) is 7.17. The molecule has 2 rings (SSSR count). The third-order valence-electron chi connectivity index (χ3n) is 3.54. The van der Waals surface area contributed by atoms with Gasteiger partial charge in [0.2, 0.25) is 11.8 Å². The molecule has 0 saturated carbocycles. The van der Waals surface area contributed by atoms with E-state index >= 15 is 0 Å². The zero-order valence-electron chi connectivity index (χ0n) is 12.8. The largest absolute Gasteiger partial charge is 0.353 e. The molecule has 112 valence electrons. The monoisotopic (exact) mass is 280 g/mol. The Balaban J connectivity index is 1.76. The van der Waals surface area contributed by atoms with Crippen LogP contribution in [-0.4, -0.2) is 40.1 Å². The lowest BCUT2D eigenvalue weighted by Crippen LogP contribution is -2.47. The molecule has 1 N–H and O–H groups in total. The highest BCUT2D eigenvalue weighted by atomic mass is 16.5. The quantitative estimate of drug-likeness (QED) is 0.908. The summed E-state index contributed by atoms with van der Waals surface area (Å²) >= 11 is 0. The maximum absolute atomic E-state index is 12.0. The van der Waals surface area contributed by atoms with Crippen molar-refractivity contribution in [1.82, 2.24) is 20.4 Å². The lowest BCUT2D eigenvalue weighted by Gasteiger charge is -2.33. The van der Waals surface area contributed by atoms with Gasteiger partial charge in [0.05, 0.1) is 6.54 Å². The Morgan fingerprint density at radius 1 is 1.40 bits per heavy atom. The number of hydrogen-bond donors (Lipinski definition) is 1. The fourth-order valence-electron chi connectivity index (χ4n) is 2.24. The summed E-state index contributed by atoms with van der Waals surface area (Å²) in [6.45, 7) is 10.2. The Bertz CT molecular complexity index is 456. The number of hydrogen-bond acceptors (Lipinski definition) is 5. The zero-order chi connectivity index (χ0) is 14.8. The van der Waals surface area contributed by atoms with Crippen LogP contribution in [0.5, 0.6) is 0 Å². The van der Waals surface area contributed by atoms with Gasteiger partial charge in [0.15, 0.2) is 5.82 Å². The molecule has 1 aliphatic rings. The lowest BCUT2D eigenvalue weighted by molar-refractivity contribution is -0.129. The molecule has 1 aliphatic heterocycles. The van der Waals surface area contributed by atoms with Gasteiger partial charge in [0, 0.05) is 31.5 Å². The van der Waals surface area contributed by atoms with E-state index < -0.39 is 0 Å². The molecule has 0 radical (unpaired) electrons. The second-order valence-electron chi connectivity index (χ2n) is 6.50. The smallest absolute Gasteiger partial charge is 0.225 e. The van der Waals surface area contributed by atoms with Gasteiger partial charge in [0.1, 0.15) is 0 Å². The number of rotatable bonds is 3. The SMILES string of the molecule is Cc1nc(CN2CCC(NC(=O)C(C)(C)C)CC2)no1. The number of aryl methyl sites for hydroxylation is 1. The predicted octanol–water partition coefficient (Wildman–Crippen LogP) is 1.50. The Kier molecular flexibility index (Phi) is 4.42. The number of nitrogens with zero attached hydrogens (tertiary/aromatic N) is 3. The van der Waals surface area contributed by atoms with Gasteiger partial charge in [-0.05, 0) is 12.8 Å². The van der Waals surface area contributed by atoms with Gasteiger partial charge in [-0.3, -0.25) is 9.69 Å². The third kappa shape index (κ3) is 4.03. The number of amides is 1. The minimum atomic E-state index is -0.320. The maximum atomic E-state index is 12.0. The third-order valence-corrected chi connectivity index (χ3v) is 3.54. The number of carbonyl (C=O) groups is 1. The summed E-state index contributed by atoms with van der Waals surface area (Å²) in [4.78, 5) is 18.5. The van der Waals surface area contributed by atoms with E-state index in [-0.39, 0.29) is 17.4 Å². The summed E-state index contributed by atoms with van der Waals surface area (Å²) in [7, 11) is 0. The van der Waals surface area contributed by atoms with Crippen molar-refractivity contribution >= 4 is 5.91 Å². The van der Waals surface area contributed by atoms with Crippen LogP contribution in [-0.2, 0) is 11.3 Å². The number of carbonyl (C=O) groups excluding carboxylic acids is 1. The molecule has 6 heteroatoms. The molecule has 2 heterocycles. The Labute approximate surface area is 119 Å². The molecule has 1 amide bonds. The molecule has 0 bridgehead atoms. The van der Waals surface area contributed by atoms with Crippen LogP contribution in [0.4, 0.5) is 0 Å². The van der Waals surface area contributed by atoms with Crippen LogP contribution in [0.25, 0.3) is 0 Å². The van der Waals surface area contributed by atoms with Crippen molar-refractivity contribution in [2.24, 2.45) is 5.41 Å². The van der Waals surface area contributed by atoms with E-state index in [1.165, 1.54) is 0 Å². The van der Waals surface area contributed by atoms with Crippen LogP contribution in [0.2, 0.25) is 0 Å². The lowest BCUT2D eigenvalue weighted by atomic mass is 9.94. The molecule has 1 aromatic heterocycles. The van der Waals surface area contributed by atoms with Crippen LogP contribution in [0.3, 0.4) is 0 Å². The van der Waals surface area contributed by atoms with Crippen LogP contribution < -0.4 is 5.32 Å². The first kappa shape index (κ1) is 15.0. The summed E-state index contributed by atoms with van der Waals surface area (Å²) < 4.78 is 4.97. The van der Waals surface area contributed by atoms with Crippen LogP contribution in [0.15, 0.2) is 4.52 Å². The topological polar surface area (TPSA) is 71.3 Å². The van der Waals surface area contributed by atoms with Gasteiger partial charge < -0.3 is 9.84 Å². The highest BCUT2D eigenvalue weighted by Crippen LogP contribution is 2.17. The van der Waals surface area contributed by atoms with Crippen molar-refractivity contribution in [2.45, 2.75) is 53.1 Å². The van der Waals surface area contributed by atoms with Crippen LogP contribution >= 0.6 is 0 Å². The molecule has 6 nitrogen and oxygen atoms in total. The zero-order valence-corrected chi connectivity index (χ0v) is 12.8. The van der Waals surface area contributed by atoms with Crippen molar-refractivity contribution in [2.75, 3.05) is 13.1 Å². The summed E-state index contributed by atoms with van der Waals surface area (Å²) in [6.07, 6.45) is 1.94. The van der Waals surface area contributed by atoms with E-state index in [9.17, 15) is 4.79 Å². The van der Waals surface area contributed by atoms with Crippen molar-refractivity contribution in [3.8, 4) is 0 Å². The summed E-state index contributed by atoms with van der Waals surface area (Å²) in [5.41, 5.74) is -0.320. The summed E-state index contributed by atoms with van der Waals surface area (Å²) in [5.74, 6) is 1.47. The fourth-order valence-corrected chi connectivity index (χ4v) is 2.24. The summed E-state index contributed by atoms with van der Waals surface area (Å²) in [6, 6.07) is 0.282. The number of nitrogens with one attached hydrogen (secondary N) is 1. The number of aromatic nitrogens is 2. The minimum absolute atomic E-state index is 0.129. The average molecular weight is 280 g/mol. The number of piperidine rings is 1. The van der Waals surface area contributed by atoms with Crippen molar-refractivity contribution < 1.29 is 9.32 Å². The van der Waals surface area contributed by atoms with E-state index in [1.807, 2.05) is 20.8 Å². The fraction of sp³-hybridized carbons (Fsp3) is 0.786. The van der Waals surface area contributed by atoms with E-state index in [0.29, 0.717) is 5.89 Å². The van der Waals surface area contributed by atoms with Crippen molar-refractivity contribution in [3.63, 3.8) is 0 Å². The van der Waals surface area contributed by atoms with E-state index in [0.717, 1.165) is 38.3 Å². The van der Waals surface area contributed by atoms with Gasteiger partial charge in [-0.2, -0.15) is 4.98 Å². The molecular weight excluding hydrogens is 256 g/mol. The Hall–Kier alpha value is -1.43. The molecule has 0 spiro atoms. The molecule has 0 aliphatic carbocycles. The molecule has 20 heavy (non-hydrogen) atoms. The molecule has 0 atom stereocenters. The first-order chi connectivity index (χ1) is 9.34. The van der Waals surface area contributed by atoms with Gasteiger partial charge in [-0.15, -0.1) is 0 Å². The van der Waals surface area contributed by atoms with Crippen LogP contribution in [0.1, 0.15) is 45.3 Å². The van der Waals surface area contributed by atoms with E-state index in [4.69, 9.17) is 4.52 Å². The predicted molar refractivity (Wildman–Crippen MR) is 74.9 cm³/mol. The Morgan fingerprint density at radius 2 is 2.05 bits per heavy atom. The molecule has 0 unspecified atom stereocenters. The van der Waals surface area contributed by atoms with E-state index in [1.54, 1.807) is 6.92 Å². The standard InChI is InChI=1S/C14H24N4O2/c1-10-15-12(17-20-10)9-18-7-5-11(6-8-18)16-13(19)14(2,3)4/h11H,5-9H2,1-4H3,(H,16,19). The molecular formula is C14H24N4O2. The van der Waals surface area contributed by atoms with E-state index in [2.05, 4.69) is 20.4 Å².